The van der Waals surface area contributed by atoms with Crippen LogP contribution in [0, 0.1) is 11.6 Å². The van der Waals surface area contributed by atoms with Crippen molar-refractivity contribution in [3.05, 3.63) is 34.9 Å². The quantitative estimate of drug-likeness (QED) is 0.650. The molecule has 1 aromatic rings. The van der Waals surface area contributed by atoms with Crippen LogP contribution in [-0.4, -0.2) is 6.54 Å². The van der Waals surface area contributed by atoms with Gasteiger partial charge in [-0.15, -0.1) is 0 Å². The van der Waals surface area contributed by atoms with Gasteiger partial charge in [0.1, 0.15) is 0 Å². The fourth-order valence-corrected chi connectivity index (χ4v) is 1.79. The van der Waals surface area contributed by atoms with Crippen LogP contribution in [0.15, 0.2) is 12.1 Å². The summed E-state index contributed by atoms with van der Waals surface area (Å²) in [5, 5.41) is 3.20. The zero-order valence-corrected chi connectivity index (χ0v) is 7.40. The molecule has 0 spiro atoms. The summed E-state index contributed by atoms with van der Waals surface area (Å²) in [6.45, 7) is 2.67. The monoisotopic (exact) mass is 183 g/mol. The molecule has 0 bridgehead atoms. The largest absolute Gasteiger partial charge is 0.310 e. The Labute approximate surface area is 75.8 Å². The van der Waals surface area contributed by atoms with Gasteiger partial charge in [-0.25, -0.2) is 8.78 Å². The Morgan fingerprint density at radius 1 is 1.38 bits per heavy atom. The third kappa shape index (κ3) is 1.33. The first-order valence-corrected chi connectivity index (χ1v) is 4.40. The molecule has 2 rings (SSSR count). The lowest BCUT2D eigenvalue weighted by Gasteiger charge is -2.24. The van der Waals surface area contributed by atoms with Crippen LogP contribution in [0.2, 0.25) is 0 Å². The van der Waals surface area contributed by atoms with E-state index in [-0.39, 0.29) is 6.04 Å². The molecule has 0 radical (unpaired) electrons. The topological polar surface area (TPSA) is 12.0 Å². The van der Waals surface area contributed by atoms with Gasteiger partial charge >= 0.3 is 0 Å². The minimum atomic E-state index is -0.743. The van der Waals surface area contributed by atoms with E-state index in [4.69, 9.17) is 0 Å². The van der Waals surface area contributed by atoms with Gasteiger partial charge in [-0.2, -0.15) is 0 Å². The lowest BCUT2D eigenvalue weighted by molar-refractivity contribution is 0.468. The van der Waals surface area contributed by atoms with E-state index in [0.29, 0.717) is 18.5 Å². The highest BCUT2D eigenvalue weighted by molar-refractivity contribution is 5.33. The smallest absolute Gasteiger partial charge is 0.162 e. The number of rotatable bonds is 0. The first-order valence-electron chi connectivity index (χ1n) is 4.40. The Morgan fingerprint density at radius 2 is 2.15 bits per heavy atom. The zero-order chi connectivity index (χ0) is 9.42. The van der Waals surface area contributed by atoms with Gasteiger partial charge in [0.05, 0.1) is 0 Å². The van der Waals surface area contributed by atoms with E-state index in [2.05, 4.69) is 5.32 Å². The lowest BCUT2D eigenvalue weighted by atomic mass is 9.95. The Kier molecular flexibility index (Phi) is 2.04. The van der Waals surface area contributed by atoms with Gasteiger partial charge in [0.2, 0.25) is 0 Å². The van der Waals surface area contributed by atoms with Crippen LogP contribution in [-0.2, 0) is 6.42 Å². The van der Waals surface area contributed by atoms with Gasteiger partial charge in [-0.3, -0.25) is 0 Å². The fourth-order valence-electron chi connectivity index (χ4n) is 1.79. The summed E-state index contributed by atoms with van der Waals surface area (Å²) in [5.74, 6) is -1.42. The van der Waals surface area contributed by atoms with Crippen molar-refractivity contribution < 1.29 is 8.78 Å². The van der Waals surface area contributed by atoms with Crippen molar-refractivity contribution in [2.45, 2.75) is 19.4 Å². The summed E-state index contributed by atoms with van der Waals surface area (Å²) in [6.07, 6.45) is 0.573. The average Bonchev–Trinajstić information content (AvgIpc) is 2.12. The molecule has 1 aromatic carbocycles. The summed E-state index contributed by atoms with van der Waals surface area (Å²) < 4.78 is 26.1. The molecule has 0 aromatic heterocycles. The maximum absolute atomic E-state index is 13.3. The minimum Gasteiger partial charge on any atom is -0.310 e. The molecular formula is C10H11F2N. The molecule has 0 saturated heterocycles. The van der Waals surface area contributed by atoms with E-state index in [1.165, 1.54) is 6.07 Å². The molecule has 1 atom stereocenters. The van der Waals surface area contributed by atoms with Gasteiger partial charge < -0.3 is 5.32 Å². The summed E-state index contributed by atoms with van der Waals surface area (Å²) in [6, 6.07) is 2.97. The predicted octanol–water partition coefficient (Wildman–Crippen LogP) is 2.17. The van der Waals surface area contributed by atoms with E-state index >= 15 is 0 Å². The molecule has 0 saturated carbocycles. The summed E-state index contributed by atoms with van der Waals surface area (Å²) in [4.78, 5) is 0. The second-order valence-electron chi connectivity index (χ2n) is 3.35. The third-order valence-electron chi connectivity index (χ3n) is 2.52. The average molecular weight is 183 g/mol. The maximum atomic E-state index is 13.3. The highest BCUT2D eigenvalue weighted by atomic mass is 19.2. The van der Waals surface area contributed by atoms with E-state index in [1.54, 1.807) is 6.07 Å². The van der Waals surface area contributed by atoms with Crippen molar-refractivity contribution in [1.82, 2.24) is 5.32 Å². The van der Waals surface area contributed by atoms with Gasteiger partial charge in [0.25, 0.3) is 0 Å². The number of nitrogens with one attached hydrogen (secondary N) is 1. The standard InChI is InChI=1S/C10H11F2N/c1-6-7-2-3-9(11)10(12)8(7)4-5-13-6/h2-3,6,13H,4-5H2,1H3. The normalized spacial score (nSPS) is 21.3. The molecule has 1 nitrogen and oxygen atoms in total. The number of hydrogen-bond acceptors (Lipinski definition) is 1. The van der Waals surface area contributed by atoms with Crippen molar-refractivity contribution in [3.63, 3.8) is 0 Å². The van der Waals surface area contributed by atoms with Crippen LogP contribution in [0.4, 0.5) is 8.78 Å². The maximum Gasteiger partial charge on any atom is 0.162 e. The molecule has 1 aliphatic rings. The highest BCUT2D eigenvalue weighted by Crippen LogP contribution is 2.25. The fraction of sp³-hybridized carbons (Fsp3) is 0.400. The second-order valence-corrected chi connectivity index (χ2v) is 3.35. The van der Waals surface area contributed by atoms with Gasteiger partial charge in [-0.1, -0.05) is 6.07 Å². The van der Waals surface area contributed by atoms with Crippen LogP contribution < -0.4 is 5.32 Å². The van der Waals surface area contributed by atoms with Crippen molar-refractivity contribution in [1.29, 1.82) is 0 Å². The van der Waals surface area contributed by atoms with Crippen molar-refractivity contribution in [2.24, 2.45) is 0 Å². The molecular weight excluding hydrogens is 172 g/mol. The third-order valence-corrected chi connectivity index (χ3v) is 2.52. The summed E-state index contributed by atoms with van der Waals surface area (Å²) in [7, 11) is 0. The lowest BCUT2D eigenvalue weighted by Crippen LogP contribution is -2.28. The second kappa shape index (κ2) is 3.07. The van der Waals surface area contributed by atoms with E-state index in [1.807, 2.05) is 6.92 Å². The number of halogens is 2. The Hall–Kier alpha value is -0.960. The highest BCUT2D eigenvalue weighted by Gasteiger charge is 2.20. The molecule has 1 heterocycles. The molecule has 1 aliphatic heterocycles. The van der Waals surface area contributed by atoms with Crippen LogP contribution in [0.25, 0.3) is 0 Å². The van der Waals surface area contributed by atoms with Gasteiger partial charge in [-0.05, 0) is 37.1 Å². The van der Waals surface area contributed by atoms with Crippen LogP contribution in [0.5, 0.6) is 0 Å². The Morgan fingerprint density at radius 3 is 2.92 bits per heavy atom. The van der Waals surface area contributed by atoms with Gasteiger partial charge in [0, 0.05) is 6.04 Å². The van der Waals surface area contributed by atoms with Crippen LogP contribution in [0.1, 0.15) is 24.1 Å². The number of hydrogen-bond donors (Lipinski definition) is 1. The SMILES string of the molecule is CC1NCCc2c1ccc(F)c2F. The van der Waals surface area contributed by atoms with E-state index in [0.717, 1.165) is 5.56 Å². The molecule has 70 valence electrons. The first-order chi connectivity index (χ1) is 6.20. The molecule has 0 amide bonds. The van der Waals surface area contributed by atoms with Crippen molar-refractivity contribution in [2.75, 3.05) is 6.54 Å². The molecule has 1 N–H and O–H groups in total. The molecule has 13 heavy (non-hydrogen) atoms. The molecule has 0 aliphatic carbocycles. The van der Waals surface area contributed by atoms with Crippen LogP contribution >= 0.6 is 0 Å². The zero-order valence-electron chi connectivity index (χ0n) is 7.40. The van der Waals surface area contributed by atoms with Crippen molar-refractivity contribution >= 4 is 0 Å². The number of fused-ring (bicyclic) bond motifs is 1. The van der Waals surface area contributed by atoms with Gasteiger partial charge in [0.15, 0.2) is 11.6 Å². The minimum absolute atomic E-state index is 0.124. The van der Waals surface area contributed by atoms with Crippen LogP contribution in [0.3, 0.4) is 0 Å². The Bertz CT molecular complexity index is 336. The molecule has 0 fully saturated rings. The summed E-state index contributed by atoms with van der Waals surface area (Å²) >= 11 is 0. The predicted molar refractivity (Wildman–Crippen MR) is 46.5 cm³/mol. The van der Waals surface area contributed by atoms with E-state index < -0.39 is 11.6 Å². The Balaban J connectivity index is 2.56. The van der Waals surface area contributed by atoms with Crippen molar-refractivity contribution in [3.8, 4) is 0 Å². The molecule has 3 heteroatoms. The first kappa shape index (κ1) is 8.63. The summed E-state index contributed by atoms with van der Waals surface area (Å²) in [5.41, 5.74) is 1.41. The number of benzene rings is 1. The van der Waals surface area contributed by atoms with E-state index in [9.17, 15) is 8.78 Å². The molecule has 1 unspecified atom stereocenters.